The smallest absolute Gasteiger partial charge is 0.274 e. The largest absolute Gasteiger partial charge is 0.379 e. The van der Waals surface area contributed by atoms with Crippen molar-refractivity contribution in [3.63, 3.8) is 0 Å². The van der Waals surface area contributed by atoms with Crippen molar-refractivity contribution in [2.45, 2.75) is 6.42 Å². The molecular weight excluding hydrogens is 456 g/mol. The molecule has 34 heavy (non-hydrogen) atoms. The molecule has 2 saturated heterocycles. The third kappa shape index (κ3) is 6.43. The summed E-state index contributed by atoms with van der Waals surface area (Å²) in [6.45, 7) is 7.46. The lowest BCUT2D eigenvalue weighted by Crippen LogP contribution is -2.50. The number of carbonyl (C=O) groups is 2. The van der Waals surface area contributed by atoms with Crippen molar-refractivity contribution in [1.82, 2.24) is 24.7 Å². The number of ether oxygens (including phenoxy) is 1. The quantitative estimate of drug-likeness (QED) is 0.561. The van der Waals surface area contributed by atoms with Crippen molar-refractivity contribution in [3.8, 4) is 0 Å². The van der Waals surface area contributed by atoms with E-state index in [1.807, 2.05) is 29.2 Å². The van der Waals surface area contributed by atoms with E-state index in [0.717, 1.165) is 43.4 Å². The van der Waals surface area contributed by atoms with Crippen LogP contribution >= 0.6 is 11.6 Å². The molecule has 2 aromatic rings. The van der Waals surface area contributed by atoms with E-state index in [1.54, 1.807) is 11.1 Å². The van der Waals surface area contributed by atoms with Gasteiger partial charge in [-0.1, -0.05) is 23.7 Å². The third-order valence-electron chi connectivity index (χ3n) is 6.28. The number of para-hydroxylation sites is 1. The van der Waals surface area contributed by atoms with Crippen LogP contribution in [-0.4, -0.2) is 109 Å². The Morgan fingerprint density at radius 2 is 1.76 bits per heavy atom. The standard InChI is InChI=1S/C24H31ClN6O3/c25-20-3-1-2-4-22(20)29-11-13-30(14-12-29)23(32)5-8-31(10-9-28-15-17-34-18-16-28)24(33)21-19-26-6-7-27-21/h1-4,6-7,19H,5,8-18H2. The number of aromatic nitrogens is 2. The summed E-state index contributed by atoms with van der Waals surface area (Å²) in [5, 5.41) is 0.723. The Labute approximate surface area is 205 Å². The first-order valence-corrected chi connectivity index (χ1v) is 12.1. The van der Waals surface area contributed by atoms with Crippen LogP contribution in [0.25, 0.3) is 0 Å². The minimum atomic E-state index is -0.197. The first kappa shape index (κ1) is 24.4. The SMILES string of the molecule is O=C(CCN(CCN1CCOCC1)C(=O)c1cnccn1)N1CCN(c2ccccc2Cl)CC1. The maximum atomic E-state index is 13.1. The lowest BCUT2D eigenvalue weighted by Gasteiger charge is -2.37. The summed E-state index contributed by atoms with van der Waals surface area (Å²) < 4.78 is 5.41. The highest BCUT2D eigenvalue weighted by atomic mass is 35.5. The van der Waals surface area contributed by atoms with Gasteiger partial charge in [0.05, 0.1) is 30.1 Å². The number of benzene rings is 1. The Hall–Kier alpha value is -2.75. The summed E-state index contributed by atoms with van der Waals surface area (Å²) in [4.78, 5) is 42.3. The second-order valence-corrected chi connectivity index (χ2v) is 8.81. The van der Waals surface area contributed by atoms with Crippen molar-refractivity contribution in [2.75, 3.05) is 77.0 Å². The van der Waals surface area contributed by atoms with E-state index in [1.165, 1.54) is 12.4 Å². The predicted molar refractivity (Wildman–Crippen MR) is 130 cm³/mol. The Bertz CT molecular complexity index is 949. The van der Waals surface area contributed by atoms with E-state index in [4.69, 9.17) is 16.3 Å². The number of amides is 2. The molecule has 1 aromatic carbocycles. The number of carbonyl (C=O) groups excluding carboxylic acids is 2. The monoisotopic (exact) mass is 486 g/mol. The Morgan fingerprint density at radius 1 is 1.00 bits per heavy atom. The maximum Gasteiger partial charge on any atom is 0.274 e. The fourth-order valence-electron chi connectivity index (χ4n) is 4.27. The molecular formula is C24H31ClN6O3. The van der Waals surface area contributed by atoms with Crippen LogP contribution in [0.3, 0.4) is 0 Å². The highest BCUT2D eigenvalue weighted by molar-refractivity contribution is 6.33. The van der Waals surface area contributed by atoms with Gasteiger partial charge in [0.25, 0.3) is 5.91 Å². The topological polar surface area (TPSA) is 82.1 Å². The average Bonchev–Trinajstić information content (AvgIpc) is 2.90. The van der Waals surface area contributed by atoms with Crippen molar-refractivity contribution < 1.29 is 14.3 Å². The first-order chi connectivity index (χ1) is 16.6. The van der Waals surface area contributed by atoms with Crippen LogP contribution in [0.5, 0.6) is 0 Å². The van der Waals surface area contributed by atoms with Gasteiger partial charge in [-0.3, -0.25) is 19.5 Å². The van der Waals surface area contributed by atoms with Crippen LogP contribution in [-0.2, 0) is 9.53 Å². The summed E-state index contributed by atoms with van der Waals surface area (Å²) in [5.41, 5.74) is 1.30. The molecule has 2 aliphatic heterocycles. The number of nitrogens with zero attached hydrogens (tertiary/aromatic N) is 6. The molecule has 0 aliphatic carbocycles. The Kier molecular flexibility index (Phi) is 8.67. The van der Waals surface area contributed by atoms with Crippen LogP contribution in [0.4, 0.5) is 5.69 Å². The average molecular weight is 487 g/mol. The molecule has 10 heteroatoms. The molecule has 0 saturated carbocycles. The molecule has 1 aromatic heterocycles. The molecule has 3 heterocycles. The molecule has 0 unspecified atom stereocenters. The summed E-state index contributed by atoms with van der Waals surface area (Å²) in [6.07, 6.45) is 4.80. The van der Waals surface area contributed by atoms with Crippen molar-refractivity contribution in [1.29, 1.82) is 0 Å². The zero-order valence-electron chi connectivity index (χ0n) is 19.3. The van der Waals surface area contributed by atoms with E-state index in [2.05, 4.69) is 19.8 Å². The minimum absolute atomic E-state index is 0.0575. The number of rotatable bonds is 8. The van der Waals surface area contributed by atoms with E-state index < -0.39 is 0 Å². The van der Waals surface area contributed by atoms with Gasteiger partial charge in [-0.2, -0.15) is 0 Å². The van der Waals surface area contributed by atoms with Gasteiger partial charge in [-0.15, -0.1) is 0 Å². The molecule has 182 valence electrons. The third-order valence-corrected chi connectivity index (χ3v) is 6.60. The Balaban J connectivity index is 1.31. The van der Waals surface area contributed by atoms with Crippen LogP contribution in [0.1, 0.15) is 16.9 Å². The van der Waals surface area contributed by atoms with Gasteiger partial charge in [-0.05, 0) is 12.1 Å². The van der Waals surface area contributed by atoms with E-state index in [0.29, 0.717) is 45.1 Å². The number of halogens is 1. The molecule has 2 aliphatic rings. The van der Waals surface area contributed by atoms with Crippen molar-refractivity contribution >= 4 is 29.1 Å². The second kappa shape index (κ2) is 12.1. The van der Waals surface area contributed by atoms with Gasteiger partial charge in [-0.25, -0.2) is 4.98 Å². The van der Waals surface area contributed by atoms with Gasteiger partial charge in [0.2, 0.25) is 5.91 Å². The number of piperazine rings is 1. The van der Waals surface area contributed by atoms with Crippen LogP contribution in [0.2, 0.25) is 5.02 Å². The molecule has 0 bridgehead atoms. The molecule has 4 rings (SSSR count). The highest BCUT2D eigenvalue weighted by Crippen LogP contribution is 2.26. The van der Waals surface area contributed by atoms with Crippen molar-refractivity contribution in [3.05, 3.63) is 53.6 Å². The summed E-state index contributed by atoms with van der Waals surface area (Å²) in [7, 11) is 0. The molecule has 2 amide bonds. The van der Waals surface area contributed by atoms with E-state index >= 15 is 0 Å². The van der Waals surface area contributed by atoms with Gasteiger partial charge in [0.1, 0.15) is 5.69 Å². The van der Waals surface area contributed by atoms with Crippen LogP contribution in [0.15, 0.2) is 42.9 Å². The van der Waals surface area contributed by atoms with E-state index in [9.17, 15) is 9.59 Å². The summed E-state index contributed by atoms with van der Waals surface area (Å²) in [5.74, 6) is -0.139. The first-order valence-electron chi connectivity index (χ1n) is 11.7. The van der Waals surface area contributed by atoms with Gasteiger partial charge >= 0.3 is 0 Å². The zero-order valence-corrected chi connectivity index (χ0v) is 20.1. The molecule has 0 radical (unpaired) electrons. The fourth-order valence-corrected chi connectivity index (χ4v) is 4.52. The number of anilines is 1. The minimum Gasteiger partial charge on any atom is -0.379 e. The van der Waals surface area contributed by atoms with Crippen molar-refractivity contribution in [2.24, 2.45) is 0 Å². The predicted octanol–water partition coefficient (Wildman–Crippen LogP) is 1.64. The van der Waals surface area contributed by atoms with Gasteiger partial charge in [0.15, 0.2) is 0 Å². The summed E-state index contributed by atoms with van der Waals surface area (Å²) >= 11 is 6.33. The zero-order chi connectivity index (χ0) is 23.8. The highest BCUT2D eigenvalue weighted by Gasteiger charge is 2.25. The normalized spacial score (nSPS) is 17.0. The molecule has 0 atom stereocenters. The number of hydrogen-bond donors (Lipinski definition) is 0. The molecule has 0 spiro atoms. The van der Waals surface area contributed by atoms with Crippen LogP contribution < -0.4 is 4.90 Å². The second-order valence-electron chi connectivity index (χ2n) is 8.41. The molecule has 2 fully saturated rings. The van der Waals surface area contributed by atoms with Gasteiger partial charge in [0, 0.05) is 77.7 Å². The summed E-state index contributed by atoms with van der Waals surface area (Å²) in [6, 6.07) is 7.77. The maximum absolute atomic E-state index is 13.1. The van der Waals surface area contributed by atoms with Crippen LogP contribution in [0, 0.1) is 0 Å². The number of morpholine rings is 1. The van der Waals surface area contributed by atoms with E-state index in [-0.39, 0.29) is 18.2 Å². The lowest BCUT2D eigenvalue weighted by molar-refractivity contribution is -0.131. The van der Waals surface area contributed by atoms with Gasteiger partial charge < -0.3 is 19.4 Å². The fraction of sp³-hybridized carbons (Fsp3) is 0.500. The lowest BCUT2D eigenvalue weighted by atomic mass is 10.2. The molecule has 0 N–H and O–H groups in total. The Morgan fingerprint density at radius 3 is 2.47 bits per heavy atom. The molecule has 9 nitrogen and oxygen atoms in total. The number of hydrogen-bond acceptors (Lipinski definition) is 7.